The SMILES string of the molecule is CC(CC(=O)NC(c1ccccc1)(c1ccccc1)c1ccccc1)NC(=O)O. The molecule has 0 saturated carbocycles. The maximum absolute atomic E-state index is 13.0. The number of benzene rings is 3. The summed E-state index contributed by atoms with van der Waals surface area (Å²) in [4.78, 5) is 23.9. The third-order valence-electron chi connectivity index (χ3n) is 4.81. The fourth-order valence-corrected chi connectivity index (χ4v) is 3.58. The van der Waals surface area contributed by atoms with Crippen LogP contribution >= 0.6 is 0 Å². The summed E-state index contributed by atoms with van der Waals surface area (Å²) in [5.74, 6) is -0.247. The molecule has 3 N–H and O–H groups in total. The van der Waals surface area contributed by atoms with Crippen LogP contribution in [0.5, 0.6) is 0 Å². The molecule has 5 nitrogen and oxygen atoms in total. The van der Waals surface area contributed by atoms with Gasteiger partial charge in [-0.2, -0.15) is 0 Å². The molecular weight excluding hydrogens is 364 g/mol. The largest absolute Gasteiger partial charge is 0.465 e. The average Bonchev–Trinajstić information content (AvgIpc) is 2.73. The van der Waals surface area contributed by atoms with Crippen molar-refractivity contribution < 1.29 is 14.7 Å². The number of rotatable bonds is 7. The van der Waals surface area contributed by atoms with Crippen LogP contribution in [0, 0.1) is 0 Å². The van der Waals surface area contributed by atoms with Crippen molar-refractivity contribution in [3.63, 3.8) is 0 Å². The van der Waals surface area contributed by atoms with E-state index in [1.54, 1.807) is 6.92 Å². The molecule has 2 amide bonds. The van der Waals surface area contributed by atoms with E-state index in [9.17, 15) is 9.59 Å². The smallest absolute Gasteiger partial charge is 0.404 e. The van der Waals surface area contributed by atoms with E-state index in [4.69, 9.17) is 5.11 Å². The highest BCUT2D eigenvalue weighted by Crippen LogP contribution is 2.36. The number of carboxylic acid groups (broad SMARTS) is 1. The number of carbonyl (C=O) groups is 2. The van der Waals surface area contributed by atoms with E-state index in [0.29, 0.717) is 0 Å². The summed E-state index contributed by atoms with van der Waals surface area (Å²) in [5, 5.41) is 14.5. The zero-order chi connectivity index (χ0) is 20.7. The molecule has 148 valence electrons. The predicted molar refractivity (Wildman–Crippen MR) is 113 cm³/mol. The Bertz CT molecular complexity index is 847. The van der Waals surface area contributed by atoms with Crippen LogP contribution in [0.4, 0.5) is 4.79 Å². The van der Waals surface area contributed by atoms with Crippen molar-refractivity contribution >= 4 is 12.0 Å². The molecule has 0 heterocycles. The fourth-order valence-electron chi connectivity index (χ4n) is 3.58. The second-order valence-corrected chi connectivity index (χ2v) is 6.95. The van der Waals surface area contributed by atoms with Crippen molar-refractivity contribution in [3.05, 3.63) is 108 Å². The summed E-state index contributed by atoms with van der Waals surface area (Å²) < 4.78 is 0. The van der Waals surface area contributed by atoms with Crippen molar-refractivity contribution in [1.29, 1.82) is 0 Å². The highest BCUT2D eigenvalue weighted by molar-refractivity contribution is 5.80. The van der Waals surface area contributed by atoms with Gasteiger partial charge in [0.2, 0.25) is 5.91 Å². The molecule has 0 fully saturated rings. The maximum Gasteiger partial charge on any atom is 0.404 e. The maximum atomic E-state index is 13.0. The molecule has 3 rings (SSSR count). The van der Waals surface area contributed by atoms with Crippen LogP contribution in [-0.2, 0) is 10.3 Å². The van der Waals surface area contributed by atoms with Gasteiger partial charge in [0.05, 0.1) is 0 Å². The van der Waals surface area contributed by atoms with E-state index in [0.717, 1.165) is 16.7 Å². The zero-order valence-electron chi connectivity index (χ0n) is 16.2. The van der Waals surface area contributed by atoms with Gasteiger partial charge in [0.15, 0.2) is 0 Å². The lowest BCUT2D eigenvalue weighted by molar-refractivity contribution is -0.122. The summed E-state index contributed by atoms with van der Waals surface area (Å²) >= 11 is 0. The second-order valence-electron chi connectivity index (χ2n) is 6.95. The van der Waals surface area contributed by atoms with Crippen LogP contribution in [0.2, 0.25) is 0 Å². The number of hydrogen-bond acceptors (Lipinski definition) is 2. The van der Waals surface area contributed by atoms with Gasteiger partial charge >= 0.3 is 6.09 Å². The lowest BCUT2D eigenvalue weighted by Gasteiger charge is -2.37. The molecule has 1 unspecified atom stereocenters. The van der Waals surface area contributed by atoms with E-state index < -0.39 is 17.7 Å². The Hall–Kier alpha value is -3.60. The van der Waals surface area contributed by atoms with Crippen LogP contribution in [0.1, 0.15) is 30.0 Å². The molecule has 0 aliphatic heterocycles. The molecule has 0 bridgehead atoms. The topological polar surface area (TPSA) is 78.4 Å². The molecule has 5 heteroatoms. The number of nitrogens with one attached hydrogen (secondary N) is 2. The minimum Gasteiger partial charge on any atom is -0.465 e. The van der Waals surface area contributed by atoms with Gasteiger partial charge in [-0.1, -0.05) is 91.0 Å². The Morgan fingerprint density at radius 3 is 1.52 bits per heavy atom. The normalized spacial score (nSPS) is 12.0. The summed E-state index contributed by atoms with van der Waals surface area (Å²) in [7, 11) is 0. The Morgan fingerprint density at radius 2 is 1.17 bits per heavy atom. The molecule has 3 aromatic carbocycles. The van der Waals surface area contributed by atoms with Crippen LogP contribution in [-0.4, -0.2) is 23.1 Å². The van der Waals surface area contributed by atoms with Crippen molar-refractivity contribution in [2.45, 2.75) is 24.9 Å². The minimum atomic E-state index is -1.15. The van der Waals surface area contributed by atoms with Crippen molar-refractivity contribution in [1.82, 2.24) is 10.6 Å². The van der Waals surface area contributed by atoms with E-state index in [1.807, 2.05) is 91.0 Å². The standard InChI is InChI=1S/C24H24N2O3/c1-18(25-23(28)29)17-22(27)26-24(19-11-5-2-6-12-19,20-13-7-3-8-14-20)21-15-9-4-10-16-21/h2-16,18,25H,17H2,1H3,(H,26,27)(H,28,29). The Balaban J connectivity index is 2.10. The van der Waals surface area contributed by atoms with Gasteiger partial charge in [0.1, 0.15) is 5.54 Å². The summed E-state index contributed by atoms with van der Waals surface area (Å²) in [6, 6.07) is 28.9. The first kappa shape index (κ1) is 20.1. The van der Waals surface area contributed by atoms with Crippen LogP contribution in [0.3, 0.4) is 0 Å². The van der Waals surface area contributed by atoms with Gasteiger partial charge < -0.3 is 15.7 Å². The van der Waals surface area contributed by atoms with Gasteiger partial charge in [-0.25, -0.2) is 4.79 Å². The van der Waals surface area contributed by atoms with E-state index >= 15 is 0 Å². The quantitative estimate of drug-likeness (QED) is 0.532. The van der Waals surface area contributed by atoms with E-state index in [-0.39, 0.29) is 12.3 Å². The second kappa shape index (κ2) is 9.06. The molecular formula is C24H24N2O3. The molecule has 0 spiro atoms. The Kier molecular flexibility index (Phi) is 6.29. The summed E-state index contributed by atoms with van der Waals surface area (Å²) in [6.45, 7) is 1.67. The molecule has 0 saturated heterocycles. The van der Waals surface area contributed by atoms with E-state index in [2.05, 4.69) is 10.6 Å². The third-order valence-corrected chi connectivity index (χ3v) is 4.81. The van der Waals surface area contributed by atoms with Gasteiger partial charge in [-0.3, -0.25) is 4.79 Å². The van der Waals surface area contributed by atoms with Crippen molar-refractivity contribution in [3.8, 4) is 0 Å². The first-order chi connectivity index (χ1) is 14.0. The highest BCUT2D eigenvalue weighted by Gasteiger charge is 2.37. The van der Waals surface area contributed by atoms with E-state index in [1.165, 1.54) is 0 Å². The lowest BCUT2D eigenvalue weighted by atomic mass is 9.77. The fraction of sp³-hybridized carbons (Fsp3) is 0.167. The molecule has 1 atom stereocenters. The van der Waals surface area contributed by atoms with Gasteiger partial charge in [0, 0.05) is 12.5 Å². The van der Waals surface area contributed by atoms with Crippen molar-refractivity contribution in [2.24, 2.45) is 0 Å². The predicted octanol–water partition coefficient (Wildman–Crippen LogP) is 4.14. The third kappa shape index (κ3) is 4.63. The van der Waals surface area contributed by atoms with Crippen LogP contribution in [0.25, 0.3) is 0 Å². The zero-order valence-corrected chi connectivity index (χ0v) is 16.2. The minimum absolute atomic E-state index is 0.0283. The lowest BCUT2D eigenvalue weighted by Crippen LogP contribution is -2.49. The number of amides is 2. The molecule has 29 heavy (non-hydrogen) atoms. The average molecular weight is 388 g/mol. The Morgan fingerprint density at radius 1 is 0.793 bits per heavy atom. The monoisotopic (exact) mass is 388 g/mol. The van der Waals surface area contributed by atoms with Crippen molar-refractivity contribution in [2.75, 3.05) is 0 Å². The highest BCUT2D eigenvalue weighted by atomic mass is 16.4. The molecule has 0 aliphatic rings. The summed E-state index contributed by atoms with van der Waals surface area (Å²) in [5.41, 5.74) is 1.86. The first-order valence-electron chi connectivity index (χ1n) is 9.49. The first-order valence-corrected chi connectivity index (χ1v) is 9.49. The van der Waals surface area contributed by atoms with Gasteiger partial charge in [-0.15, -0.1) is 0 Å². The summed E-state index contributed by atoms with van der Waals surface area (Å²) in [6.07, 6.45) is -1.12. The molecule has 3 aromatic rings. The molecule has 0 aliphatic carbocycles. The van der Waals surface area contributed by atoms with Gasteiger partial charge in [-0.05, 0) is 23.6 Å². The number of hydrogen-bond donors (Lipinski definition) is 3. The van der Waals surface area contributed by atoms with Gasteiger partial charge in [0.25, 0.3) is 0 Å². The van der Waals surface area contributed by atoms with Crippen LogP contribution in [0.15, 0.2) is 91.0 Å². The molecule has 0 aromatic heterocycles. The van der Waals surface area contributed by atoms with Crippen LogP contribution < -0.4 is 10.6 Å². The Labute approximate surface area is 170 Å². The number of carbonyl (C=O) groups excluding carboxylic acids is 1. The molecule has 0 radical (unpaired) electrons.